The molecule has 0 aliphatic heterocycles. The lowest BCUT2D eigenvalue weighted by molar-refractivity contribution is -0.884. The molecule has 4 nitrogen and oxygen atoms in total. The molecule has 25 heavy (non-hydrogen) atoms. The fourth-order valence-corrected chi connectivity index (χ4v) is 2.87. The molecule has 0 fully saturated rings. The van der Waals surface area contributed by atoms with Crippen LogP contribution in [0.25, 0.3) is 0 Å². The van der Waals surface area contributed by atoms with Crippen molar-refractivity contribution in [3.63, 3.8) is 0 Å². The van der Waals surface area contributed by atoms with Gasteiger partial charge in [-0.15, -0.1) is 0 Å². The van der Waals surface area contributed by atoms with Gasteiger partial charge in [-0.05, 0) is 23.8 Å². The summed E-state index contributed by atoms with van der Waals surface area (Å²) in [5.41, 5.74) is 1.26. The zero-order chi connectivity index (χ0) is 18.2. The van der Waals surface area contributed by atoms with Crippen molar-refractivity contribution in [3.8, 4) is 5.75 Å². The fourth-order valence-electron chi connectivity index (χ4n) is 2.40. The minimum atomic E-state index is -0.176. The molecule has 2 aromatic carbocycles. The van der Waals surface area contributed by atoms with Crippen LogP contribution in [0.5, 0.6) is 5.75 Å². The van der Waals surface area contributed by atoms with Gasteiger partial charge in [-0.2, -0.15) is 0 Å². The quantitative estimate of drug-likeness (QED) is 0.736. The third-order valence-electron chi connectivity index (χ3n) is 3.94. The summed E-state index contributed by atoms with van der Waals surface area (Å²) < 4.78 is 5.46. The number of likely N-dealkylation sites (N-methyl/N-ethyl adjacent to an activating group) is 1. The van der Waals surface area contributed by atoms with Crippen LogP contribution in [0, 0.1) is 0 Å². The summed E-state index contributed by atoms with van der Waals surface area (Å²) in [5, 5.41) is 3.85. The molecule has 0 saturated carbocycles. The van der Waals surface area contributed by atoms with E-state index in [9.17, 15) is 4.79 Å². The number of quaternary nitrogens is 1. The predicted octanol–water partition coefficient (Wildman–Crippen LogP) is 2.24. The average Bonchev–Trinajstić information content (AvgIpc) is 2.58. The number of carbonyl (C=O) groups is 1. The molecule has 0 unspecified atom stereocenters. The van der Waals surface area contributed by atoms with Gasteiger partial charge in [-0.1, -0.05) is 53.5 Å². The zero-order valence-electron chi connectivity index (χ0n) is 14.4. The molecule has 134 valence electrons. The molecule has 0 aliphatic rings. The Morgan fingerprint density at radius 2 is 1.88 bits per heavy atom. The highest BCUT2D eigenvalue weighted by Gasteiger charge is 2.17. The molecule has 0 radical (unpaired) electrons. The molecule has 1 atom stereocenters. The van der Waals surface area contributed by atoms with Crippen molar-refractivity contribution in [1.82, 2.24) is 5.32 Å². The summed E-state index contributed by atoms with van der Waals surface area (Å²) in [6, 6.07) is 15.5. The minimum Gasteiger partial charge on any atom is -0.482 e. The van der Waals surface area contributed by atoms with E-state index in [1.165, 1.54) is 10.5 Å². The molecule has 2 N–H and O–H groups in total. The van der Waals surface area contributed by atoms with Gasteiger partial charge in [0.25, 0.3) is 5.91 Å². The summed E-state index contributed by atoms with van der Waals surface area (Å²) in [7, 11) is 4.17. The second-order valence-electron chi connectivity index (χ2n) is 6.13. The second kappa shape index (κ2) is 9.66. The van der Waals surface area contributed by atoms with Crippen molar-refractivity contribution in [2.24, 2.45) is 0 Å². The summed E-state index contributed by atoms with van der Waals surface area (Å²) >= 11 is 11.9. The van der Waals surface area contributed by atoms with Crippen molar-refractivity contribution < 1.29 is 14.4 Å². The fraction of sp³-hybridized carbons (Fsp3) is 0.316. The van der Waals surface area contributed by atoms with E-state index in [-0.39, 0.29) is 18.6 Å². The van der Waals surface area contributed by atoms with Crippen LogP contribution in [0.4, 0.5) is 0 Å². The number of hydrogen-bond donors (Lipinski definition) is 2. The van der Waals surface area contributed by atoms with Crippen LogP contribution in [-0.2, 0) is 11.2 Å². The van der Waals surface area contributed by atoms with Crippen molar-refractivity contribution in [2.75, 3.05) is 27.2 Å². The Balaban J connectivity index is 1.82. The molecular weight excluding hydrogens is 359 g/mol. The lowest BCUT2D eigenvalue weighted by Gasteiger charge is -2.22. The monoisotopic (exact) mass is 381 g/mol. The first kappa shape index (κ1) is 19.6. The molecule has 0 heterocycles. The van der Waals surface area contributed by atoms with E-state index in [1.807, 2.05) is 18.2 Å². The van der Waals surface area contributed by atoms with Gasteiger partial charge < -0.3 is 15.0 Å². The van der Waals surface area contributed by atoms with Crippen LogP contribution in [0.1, 0.15) is 5.56 Å². The lowest BCUT2D eigenvalue weighted by atomic mass is 10.1. The standard InChI is InChI=1S/C19H22Cl2N2O2/c1-23(2)16(10-14-6-4-3-5-7-14)12-22-19(24)13-25-18-9-8-15(20)11-17(18)21/h3-9,11,16H,10,12-13H2,1-2H3,(H,22,24)/p+1/t16-/m0/s1. The van der Waals surface area contributed by atoms with Crippen LogP contribution in [0.2, 0.25) is 10.0 Å². The third kappa shape index (κ3) is 6.58. The van der Waals surface area contributed by atoms with Crippen LogP contribution >= 0.6 is 23.2 Å². The molecule has 0 saturated heterocycles. The molecule has 6 heteroatoms. The van der Waals surface area contributed by atoms with Crippen molar-refractivity contribution in [1.29, 1.82) is 0 Å². The minimum absolute atomic E-state index is 0.0812. The largest absolute Gasteiger partial charge is 0.482 e. The van der Waals surface area contributed by atoms with Crippen molar-refractivity contribution in [3.05, 3.63) is 64.1 Å². The van der Waals surface area contributed by atoms with Gasteiger partial charge in [0.2, 0.25) is 0 Å². The van der Waals surface area contributed by atoms with E-state index in [4.69, 9.17) is 27.9 Å². The van der Waals surface area contributed by atoms with Gasteiger partial charge in [-0.25, -0.2) is 0 Å². The van der Waals surface area contributed by atoms with Crippen LogP contribution in [-0.4, -0.2) is 39.2 Å². The summed E-state index contributed by atoms with van der Waals surface area (Å²) in [6.45, 7) is 0.496. The topological polar surface area (TPSA) is 42.8 Å². The highest BCUT2D eigenvalue weighted by atomic mass is 35.5. The van der Waals surface area contributed by atoms with E-state index in [0.717, 1.165) is 6.42 Å². The molecule has 0 aliphatic carbocycles. The van der Waals surface area contributed by atoms with Gasteiger partial charge in [0.1, 0.15) is 11.8 Å². The van der Waals surface area contributed by atoms with Crippen LogP contribution in [0.15, 0.2) is 48.5 Å². The molecule has 2 aromatic rings. The number of hydrogen-bond acceptors (Lipinski definition) is 2. The van der Waals surface area contributed by atoms with E-state index in [0.29, 0.717) is 22.3 Å². The highest BCUT2D eigenvalue weighted by Crippen LogP contribution is 2.27. The number of carbonyl (C=O) groups excluding carboxylic acids is 1. The van der Waals surface area contributed by atoms with Crippen molar-refractivity contribution >= 4 is 29.1 Å². The van der Waals surface area contributed by atoms with Gasteiger partial charge in [0, 0.05) is 11.4 Å². The summed E-state index contributed by atoms with van der Waals surface area (Å²) in [5.74, 6) is 0.269. The Hall–Kier alpha value is -1.75. The maximum atomic E-state index is 12.1. The normalized spacial score (nSPS) is 12.0. The SMILES string of the molecule is C[NH+](C)[C@H](CNC(=O)COc1ccc(Cl)cc1Cl)Cc1ccccc1. The third-order valence-corrected chi connectivity index (χ3v) is 4.47. The number of ether oxygens (including phenoxy) is 1. The smallest absolute Gasteiger partial charge is 0.258 e. The van der Waals surface area contributed by atoms with Gasteiger partial charge in [0.05, 0.1) is 25.7 Å². The first-order valence-electron chi connectivity index (χ1n) is 8.14. The van der Waals surface area contributed by atoms with Crippen molar-refractivity contribution in [2.45, 2.75) is 12.5 Å². The average molecular weight is 382 g/mol. The lowest BCUT2D eigenvalue weighted by Crippen LogP contribution is -3.11. The number of amides is 1. The number of benzene rings is 2. The van der Waals surface area contributed by atoms with Crippen LogP contribution < -0.4 is 15.0 Å². The second-order valence-corrected chi connectivity index (χ2v) is 6.98. The Labute approximate surface area is 158 Å². The molecular formula is C19H23Cl2N2O2+. The van der Waals surface area contributed by atoms with Gasteiger partial charge >= 0.3 is 0 Å². The maximum Gasteiger partial charge on any atom is 0.258 e. The molecule has 1 amide bonds. The number of rotatable bonds is 8. The molecule has 0 spiro atoms. The molecule has 0 bridgehead atoms. The highest BCUT2D eigenvalue weighted by molar-refractivity contribution is 6.35. The van der Waals surface area contributed by atoms with Gasteiger partial charge in [-0.3, -0.25) is 4.79 Å². The Morgan fingerprint density at radius 3 is 2.52 bits per heavy atom. The predicted molar refractivity (Wildman–Crippen MR) is 102 cm³/mol. The van der Waals surface area contributed by atoms with Gasteiger partial charge in [0.15, 0.2) is 6.61 Å². The number of halogens is 2. The maximum absolute atomic E-state index is 12.1. The van der Waals surface area contributed by atoms with E-state index >= 15 is 0 Å². The number of nitrogens with one attached hydrogen (secondary N) is 2. The van der Waals surface area contributed by atoms with E-state index in [2.05, 4.69) is 31.5 Å². The first-order valence-corrected chi connectivity index (χ1v) is 8.90. The van der Waals surface area contributed by atoms with Crippen LogP contribution in [0.3, 0.4) is 0 Å². The zero-order valence-corrected chi connectivity index (χ0v) is 15.9. The van der Waals surface area contributed by atoms with E-state index < -0.39 is 0 Å². The summed E-state index contributed by atoms with van der Waals surface area (Å²) in [6.07, 6.45) is 0.896. The Kier molecular flexibility index (Phi) is 7.56. The molecule has 2 rings (SSSR count). The first-order chi connectivity index (χ1) is 12.0. The molecule has 0 aromatic heterocycles. The Bertz CT molecular complexity index is 693. The summed E-state index contributed by atoms with van der Waals surface area (Å²) in [4.78, 5) is 13.3. The van der Waals surface area contributed by atoms with E-state index in [1.54, 1.807) is 18.2 Å². The Morgan fingerprint density at radius 1 is 1.16 bits per heavy atom.